The van der Waals surface area contributed by atoms with Crippen molar-refractivity contribution >= 4 is 21.6 Å². The molecule has 0 bridgehead atoms. The van der Waals surface area contributed by atoms with Gasteiger partial charge in [0, 0.05) is 5.56 Å². The Morgan fingerprint density at radius 1 is 0.897 bits per heavy atom. The van der Waals surface area contributed by atoms with E-state index in [1.54, 1.807) is 24.3 Å². The maximum Gasteiger partial charge on any atom is 0.328 e. The fourth-order valence-corrected chi connectivity index (χ4v) is 6.52. The van der Waals surface area contributed by atoms with Gasteiger partial charge >= 0.3 is 5.97 Å². The minimum absolute atomic E-state index is 0.115. The van der Waals surface area contributed by atoms with Crippen LogP contribution in [0, 0.1) is 0 Å². The van der Waals surface area contributed by atoms with Gasteiger partial charge in [-0.1, -0.05) is 43.2 Å². The fraction of sp³-hybridized carbons (Fsp3) is 0.391. The molecule has 0 saturated heterocycles. The predicted molar refractivity (Wildman–Crippen MR) is 109 cm³/mol. The Balaban J connectivity index is 1.52. The summed E-state index contributed by atoms with van der Waals surface area (Å²) in [6, 6.07) is 13.6. The molecular formula is C23H24O5S. The van der Waals surface area contributed by atoms with E-state index in [0.717, 1.165) is 19.3 Å². The lowest BCUT2D eigenvalue weighted by atomic mass is 10.0. The van der Waals surface area contributed by atoms with Crippen molar-refractivity contribution in [3.8, 4) is 0 Å². The highest BCUT2D eigenvalue weighted by molar-refractivity contribution is 7.93. The molecule has 29 heavy (non-hydrogen) atoms. The summed E-state index contributed by atoms with van der Waals surface area (Å²) in [5.41, 5.74) is 2.93. The largest absolute Gasteiger partial charge is 0.456 e. The summed E-state index contributed by atoms with van der Waals surface area (Å²) in [4.78, 5) is 25.6. The van der Waals surface area contributed by atoms with Crippen molar-refractivity contribution in [1.29, 1.82) is 0 Å². The van der Waals surface area contributed by atoms with Crippen LogP contribution in [0.25, 0.3) is 0 Å². The normalized spacial score (nSPS) is 17.7. The van der Waals surface area contributed by atoms with Crippen LogP contribution in [0.15, 0.2) is 53.4 Å². The van der Waals surface area contributed by atoms with Crippen molar-refractivity contribution in [1.82, 2.24) is 0 Å². The summed E-state index contributed by atoms with van der Waals surface area (Å²) in [6.07, 6.45) is 4.78. The van der Waals surface area contributed by atoms with Crippen molar-refractivity contribution in [3.63, 3.8) is 0 Å². The molecule has 6 heteroatoms. The molecule has 2 aromatic rings. The number of hydrogen-bond donors (Lipinski definition) is 0. The van der Waals surface area contributed by atoms with Crippen LogP contribution in [0.3, 0.4) is 0 Å². The minimum Gasteiger partial charge on any atom is -0.456 e. The minimum atomic E-state index is -3.91. The van der Waals surface area contributed by atoms with Crippen LogP contribution in [0.5, 0.6) is 0 Å². The summed E-state index contributed by atoms with van der Waals surface area (Å²) in [6.45, 7) is -0.441. The van der Waals surface area contributed by atoms with E-state index in [1.807, 2.05) is 12.1 Å². The molecule has 0 unspecified atom stereocenters. The average molecular weight is 413 g/mol. The molecule has 0 aromatic heterocycles. The van der Waals surface area contributed by atoms with E-state index < -0.39 is 27.2 Å². The van der Waals surface area contributed by atoms with Gasteiger partial charge in [-0.2, -0.15) is 0 Å². The van der Waals surface area contributed by atoms with Gasteiger partial charge in [-0.15, -0.1) is 0 Å². The molecule has 0 aliphatic heterocycles. The van der Waals surface area contributed by atoms with E-state index in [-0.39, 0.29) is 23.5 Å². The second-order valence-corrected chi connectivity index (χ2v) is 10.1. The highest BCUT2D eigenvalue weighted by Crippen LogP contribution is 2.41. The number of carbonyl (C=O) groups excluding carboxylic acids is 2. The second kappa shape index (κ2) is 7.75. The van der Waals surface area contributed by atoms with E-state index in [1.165, 1.54) is 23.3 Å². The number of hydrogen-bond acceptors (Lipinski definition) is 5. The lowest BCUT2D eigenvalue weighted by Gasteiger charge is -2.26. The van der Waals surface area contributed by atoms with Gasteiger partial charge in [0.2, 0.25) is 0 Å². The van der Waals surface area contributed by atoms with Crippen LogP contribution in [0.1, 0.15) is 53.6 Å². The molecule has 1 fully saturated rings. The molecule has 0 heterocycles. The predicted octanol–water partition coefficient (Wildman–Crippen LogP) is 3.69. The van der Waals surface area contributed by atoms with Crippen LogP contribution in [-0.4, -0.2) is 31.5 Å². The number of Topliss-reactive ketones (excluding diaryl/α,β-unsaturated/α-hetero) is 1. The van der Waals surface area contributed by atoms with Gasteiger partial charge in [-0.25, -0.2) is 8.42 Å². The summed E-state index contributed by atoms with van der Waals surface area (Å²) in [7, 11) is -3.91. The molecule has 0 amide bonds. The zero-order chi connectivity index (χ0) is 20.5. The van der Waals surface area contributed by atoms with Gasteiger partial charge in [0.25, 0.3) is 0 Å². The number of fused-ring (bicyclic) bond motifs is 1. The molecule has 1 saturated carbocycles. The molecule has 152 valence electrons. The van der Waals surface area contributed by atoms with Crippen molar-refractivity contribution < 1.29 is 22.7 Å². The van der Waals surface area contributed by atoms with Gasteiger partial charge in [0.05, 0.1) is 4.90 Å². The highest BCUT2D eigenvalue weighted by atomic mass is 32.2. The van der Waals surface area contributed by atoms with Crippen LogP contribution in [0.2, 0.25) is 0 Å². The number of ether oxygens (including phenoxy) is 1. The number of sulfone groups is 1. The number of ketones is 1. The van der Waals surface area contributed by atoms with Gasteiger partial charge in [-0.05, 0) is 61.4 Å². The smallest absolute Gasteiger partial charge is 0.328 e. The average Bonchev–Trinajstić information content (AvgIpc) is 3.42. The molecule has 0 N–H and O–H groups in total. The lowest BCUT2D eigenvalue weighted by Crippen LogP contribution is -2.45. The Kier molecular flexibility index (Phi) is 5.30. The van der Waals surface area contributed by atoms with Crippen LogP contribution in [-0.2, 0) is 32.2 Å². The van der Waals surface area contributed by atoms with Gasteiger partial charge in [-0.3, -0.25) is 9.59 Å². The lowest BCUT2D eigenvalue weighted by molar-refractivity contribution is -0.145. The third-order valence-electron chi connectivity index (χ3n) is 6.11. The number of carbonyl (C=O) groups is 2. The van der Waals surface area contributed by atoms with Crippen molar-refractivity contribution in [2.24, 2.45) is 0 Å². The van der Waals surface area contributed by atoms with Crippen molar-refractivity contribution in [2.75, 3.05) is 6.61 Å². The van der Waals surface area contributed by atoms with Crippen molar-refractivity contribution in [2.45, 2.75) is 54.6 Å². The van der Waals surface area contributed by atoms with Gasteiger partial charge in [0.15, 0.2) is 27.0 Å². The van der Waals surface area contributed by atoms with Crippen LogP contribution in [0.4, 0.5) is 0 Å². The quantitative estimate of drug-likeness (QED) is 0.534. The molecule has 0 radical (unpaired) electrons. The first-order valence-corrected chi connectivity index (χ1v) is 11.5. The maximum absolute atomic E-state index is 13.3. The first-order chi connectivity index (χ1) is 13.9. The number of rotatable bonds is 6. The van der Waals surface area contributed by atoms with E-state index >= 15 is 0 Å². The molecule has 0 spiro atoms. The molecule has 0 atom stereocenters. The standard InChI is InChI=1S/C23H24O5S/c24-21(19-12-11-17-7-6-8-18(17)15-19)16-28-22(25)23(13-4-5-14-23)29(26,27)20-9-2-1-3-10-20/h1-3,9-12,15H,4-8,13-14,16H2. The van der Waals surface area contributed by atoms with Crippen LogP contribution >= 0.6 is 0 Å². The SMILES string of the molecule is O=C(COC(=O)C1(S(=O)(=O)c2ccccc2)CCCC1)c1ccc2c(c1)CCC2. The summed E-state index contributed by atoms with van der Waals surface area (Å²) >= 11 is 0. The van der Waals surface area contributed by atoms with E-state index in [0.29, 0.717) is 18.4 Å². The first kappa shape index (κ1) is 19.8. The van der Waals surface area contributed by atoms with Gasteiger partial charge < -0.3 is 4.74 Å². The first-order valence-electron chi connectivity index (χ1n) is 10.1. The Bertz CT molecular complexity index is 1030. The Labute approximate surface area is 171 Å². The number of benzene rings is 2. The molecule has 2 aliphatic carbocycles. The highest BCUT2D eigenvalue weighted by Gasteiger charge is 2.54. The molecular weight excluding hydrogens is 388 g/mol. The van der Waals surface area contributed by atoms with E-state index in [9.17, 15) is 18.0 Å². The van der Waals surface area contributed by atoms with Crippen molar-refractivity contribution in [3.05, 3.63) is 65.2 Å². The topological polar surface area (TPSA) is 77.5 Å². The zero-order valence-electron chi connectivity index (χ0n) is 16.2. The zero-order valence-corrected chi connectivity index (χ0v) is 17.0. The summed E-state index contributed by atoms with van der Waals surface area (Å²) in [5.74, 6) is -1.12. The fourth-order valence-electron chi connectivity index (χ4n) is 4.45. The Morgan fingerprint density at radius 3 is 2.31 bits per heavy atom. The van der Waals surface area contributed by atoms with Crippen LogP contribution < -0.4 is 0 Å². The molecule has 2 aliphatic rings. The molecule has 4 rings (SSSR count). The molecule has 5 nitrogen and oxygen atoms in total. The molecule has 2 aromatic carbocycles. The third-order valence-corrected chi connectivity index (χ3v) is 8.60. The maximum atomic E-state index is 13.3. The van der Waals surface area contributed by atoms with E-state index in [2.05, 4.69) is 0 Å². The number of esters is 1. The number of aryl methyl sites for hydroxylation is 2. The third kappa shape index (κ3) is 3.50. The van der Waals surface area contributed by atoms with Gasteiger partial charge in [0.1, 0.15) is 0 Å². The Morgan fingerprint density at radius 2 is 1.59 bits per heavy atom. The second-order valence-electron chi connectivity index (χ2n) is 7.85. The monoisotopic (exact) mass is 412 g/mol. The Hall–Kier alpha value is -2.47. The summed E-state index contributed by atoms with van der Waals surface area (Å²) < 4.78 is 30.2. The van der Waals surface area contributed by atoms with E-state index in [4.69, 9.17) is 4.74 Å². The summed E-state index contributed by atoms with van der Waals surface area (Å²) in [5, 5.41) is 0.